The second-order valence-corrected chi connectivity index (χ2v) is 4.62. The van der Waals surface area contributed by atoms with Gasteiger partial charge in [0.05, 0.1) is 7.11 Å². The molecule has 0 radical (unpaired) electrons. The molecule has 0 amide bonds. The fourth-order valence-corrected chi connectivity index (χ4v) is 2.33. The molecule has 0 fully saturated rings. The van der Waals surface area contributed by atoms with Crippen LogP contribution in [0.15, 0.2) is 42.5 Å². The number of esters is 1. The summed E-state index contributed by atoms with van der Waals surface area (Å²) < 4.78 is 28.5. The van der Waals surface area contributed by atoms with Gasteiger partial charge >= 0.3 is 5.97 Å². The molecule has 0 N–H and O–H groups in total. The van der Waals surface area contributed by atoms with Crippen LogP contribution in [0.3, 0.4) is 0 Å². The SMILES string of the molecule is COC(=O)C(c1ccc(F)cc1)c1ccc2c(c1)OCO2. The smallest absolute Gasteiger partial charge is 0.317 e. The first-order valence-electron chi connectivity index (χ1n) is 6.42. The van der Waals surface area contributed by atoms with Crippen LogP contribution in [0.2, 0.25) is 0 Å². The molecule has 0 bridgehead atoms. The molecule has 2 aromatic rings. The van der Waals surface area contributed by atoms with Crippen LogP contribution in [0.1, 0.15) is 17.0 Å². The van der Waals surface area contributed by atoms with E-state index in [4.69, 9.17) is 14.2 Å². The fraction of sp³-hybridized carbons (Fsp3) is 0.188. The molecule has 0 aromatic heterocycles. The summed E-state index contributed by atoms with van der Waals surface area (Å²) in [5.74, 6) is -0.177. The van der Waals surface area contributed by atoms with Gasteiger partial charge in [0.1, 0.15) is 11.7 Å². The highest BCUT2D eigenvalue weighted by Gasteiger charge is 2.26. The quantitative estimate of drug-likeness (QED) is 0.815. The van der Waals surface area contributed by atoms with Crippen LogP contribution in [0.25, 0.3) is 0 Å². The second-order valence-electron chi connectivity index (χ2n) is 4.62. The zero-order chi connectivity index (χ0) is 14.8. The van der Waals surface area contributed by atoms with E-state index in [0.717, 1.165) is 0 Å². The first-order valence-corrected chi connectivity index (χ1v) is 6.42. The second kappa shape index (κ2) is 5.44. The van der Waals surface area contributed by atoms with Gasteiger partial charge < -0.3 is 14.2 Å². The van der Waals surface area contributed by atoms with Crippen molar-refractivity contribution < 1.29 is 23.4 Å². The average Bonchev–Trinajstić information content (AvgIpc) is 2.97. The summed E-state index contributed by atoms with van der Waals surface area (Å²) in [5.41, 5.74) is 1.36. The summed E-state index contributed by atoms with van der Waals surface area (Å²) in [6.07, 6.45) is 0. The van der Waals surface area contributed by atoms with E-state index in [0.29, 0.717) is 22.6 Å². The number of carbonyl (C=O) groups excluding carboxylic acids is 1. The summed E-state index contributed by atoms with van der Waals surface area (Å²) in [6, 6.07) is 11.0. The van der Waals surface area contributed by atoms with Crippen LogP contribution >= 0.6 is 0 Å². The van der Waals surface area contributed by atoms with Crippen LogP contribution in [-0.2, 0) is 9.53 Å². The molecule has 0 aliphatic carbocycles. The van der Waals surface area contributed by atoms with Gasteiger partial charge in [-0.2, -0.15) is 0 Å². The first-order chi connectivity index (χ1) is 10.2. The predicted molar refractivity (Wildman–Crippen MR) is 72.8 cm³/mol. The fourth-order valence-electron chi connectivity index (χ4n) is 2.33. The zero-order valence-corrected chi connectivity index (χ0v) is 11.3. The molecule has 108 valence electrons. The topological polar surface area (TPSA) is 44.8 Å². The van der Waals surface area contributed by atoms with Crippen LogP contribution in [0.4, 0.5) is 4.39 Å². The minimum absolute atomic E-state index is 0.165. The van der Waals surface area contributed by atoms with E-state index in [1.54, 1.807) is 30.3 Å². The van der Waals surface area contributed by atoms with E-state index in [1.807, 2.05) is 0 Å². The third-order valence-corrected chi connectivity index (χ3v) is 3.37. The summed E-state index contributed by atoms with van der Waals surface area (Å²) in [4.78, 5) is 12.1. The molecule has 4 nitrogen and oxygen atoms in total. The van der Waals surface area contributed by atoms with Crippen molar-refractivity contribution in [3.8, 4) is 11.5 Å². The maximum absolute atomic E-state index is 13.1. The Bertz CT molecular complexity index is 666. The molecule has 0 saturated carbocycles. The molecule has 5 heteroatoms. The number of halogens is 1. The normalized spacial score (nSPS) is 13.8. The average molecular weight is 288 g/mol. The third kappa shape index (κ3) is 2.54. The van der Waals surface area contributed by atoms with Crippen LogP contribution < -0.4 is 9.47 Å². The Balaban J connectivity index is 2.03. The highest BCUT2D eigenvalue weighted by molar-refractivity contribution is 5.82. The molecule has 1 heterocycles. The van der Waals surface area contributed by atoms with E-state index >= 15 is 0 Å². The summed E-state index contributed by atoms with van der Waals surface area (Å²) in [7, 11) is 1.33. The first kappa shape index (κ1) is 13.4. The van der Waals surface area contributed by atoms with Gasteiger partial charge in [0.2, 0.25) is 6.79 Å². The number of fused-ring (bicyclic) bond motifs is 1. The largest absolute Gasteiger partial charge is 0.468 e. The Labute approximate surface area is 121 Å². The molecule has 1 aliphatic heterocycles. The van der Waals surface area contributed by atoms with Crippen molar-refractivity contribution in [1.82, 2.24) is 0 Å². The van der Waals surface area contributed by atoms with E-state index in [1.165, 1.54) is 19.2 Å². The van der Waals surface area contributed by atoms with Crippen molar-refractivity contribution >= 4 is 5.97 Å². The number of benzene rings is 2. The van der Waals surface area contributed by atoms with Crippen LogP contribution in [0.5, 0.6) is 11.5 Å². The third-order valence-electron chi connectivity index (χ3n) is 3.37. The predicted octanol–water partition coefficient (Wildman–Crippen LogP) is 2.86. The molecule has 21 heavy (non-hydrogen) atoms. The molecular formula is C16H13FO4. The van der Waals surface area contributed by atoms with Crippen molar-refractivity contribution in [2.24, 2.45) is 0 Å². The van der Waals surface area contributed by atoms with Crippen molar-refractivity contribution in [2.45, 2.75) is 5.92 Å². The molecule has 3 rings (SSSR count). The Morgan fingerprint density at radius 1 is 1.10 bits per heavy atom. The zero-order valence-electron chi connectivity index (χ0n) is 11.3. The molecule has 1 unspecified atom stereocenters. The van der Waals surface area contributed by atoms with Crippen molar-refractivity contribution in [3.05, 3.63) is 59.4 Å². The number of carbonyl (C=O) groups is 1. The monoisotopic (exact) mass is 288 g/mol. The Kier molecular flexibility index (Phi) is 3.48. The van der Waals surface area contributed by atoms with Crippen LogP contribution in [0, 0.1) is 5.82 Å². The molecule has 2 aromatic carbocycles. The lowest BCUT2D eigenvalue weighted by molar-refractivity contribution is -0.141. The lowest BCUT2D eigenvalue weighted by Gasteiger charge is -2.16. The highest BCUT2D eigenvalue weighted by Crippen LogP contribution is 2.36. The Hall–Kier alpha value is -2.56. The minimum Gasteiger partial charge on any atom is -0.468 e. The summed E-state index contributed by atoms with van der Waals surface area (Å²) in [6.45, 7) is 0.165. The maximum atomic E-state index is 13.1. The molecular weight excluding hydrogens is 275 g/mol. The lowest BCUT2D eigenvalue weighted by Crippen LogP contribution is -2.15. The molecule has 1 atom stereocenters. The van der Waals surface area contributed by atoms with E-state index in [2.05, 4.69) is 0 Å². The van der Waals surface area contributed by atoms with Gasteiger partial charge in [-0.3, -0.25) is 4.79 Å². The standard InChI is InChI=1S/C16H13FO4/c1-19-16(18)15(10-2-5-12(17)6-3-10)11-4-7-13-14(8-11)21-9-20-13/h2-8,15H,9H2,1H3. The molecule has 1 aliphatic rings. The number of hydrogen-bond acceptors (Lipinski definition) is 4. The summed E-state index contributed by atoms with van der Waals surface area (Å²) in [5, 5.41) is 0. The van der Waals surface area contributed by atoms with Crippen molar-refractivity contribution in [3.63, 3.8) is 0 Å². The number of ether oxygens (including phenoxy) is 3. The van der Waals surface area contributed by atoms with E-state index in [-0.39, 0.29) is 12.6 Å². The van der Waals surface area contributed by atoms with Gasteiger partial charge in [-0.25, -0.2) is 4.39 Å². The van der Waals surface area contributed by atoms with Gasteiger partial charge in [-0.15, -0.1) is 0 Å². The highest BCUT2D eigenvalue weighted by atomic mass is 19.1. The Morgan fingerprint density at radius 2 is 1.76 bits per heavy atom. The summed E-state index contributed by atoms with van der Waals surface area (Å²) >= 11 is 0. The van der Waals surface area contributed by atoms with Crippen molar-refractivity contribution in [2.75, 3.05) is 13.9 Å². The van der Waals surface area contributed by atoms with Gasteiger partial charge in [0.15, 0.2) is 11.5 Å². The Morgan fingerprint density at radius 3 is 2.48 bits per heavy atom. The molecule has 0 saturated heterocycles. The maximum Gasteiger partial charge on any atom is 0.317 e. The van der Waals surface area contributed by atoms with Gasteiger partial charge in [0, 0.05) is 0 Å². The van der Waals surface area contributed by atoms with Gasteiger partial charge in [-0.1, -0.05) is 18.2 Å². The number of rotatable bonds is 3. The van der Waals surface area contributed by atoms with E-state index < -0.39 is 11.9 Å². The number of hydrogen-bond donors (Lipinski definition) is 0. The lowest BCUT2D eigenvalue weighted by atomic mass is 9.91. The van der Waals surface area contributed by atoms with Crippen molar-refractivity contribution in [1.29, 1.82) is 0 Å². The van der Waals surface area contributed by atoms with Gasteiger partial charge in [-0.05, 0) is 35.4 Å². The minimum atomic E-state index is -0.634. The number of methoxy groups -OCH3 is 1. The molecule has 0 spiro atoms. The van der Waals surface area contributed by atoms with E-state index in [9.17, 15) is 9.18 Å². The van der Waals surface area contributed by atoms with Crippen LogP contribution in [-0.4, -0.2) is 19.9 Å². The van der Waals surface area contributed by atoms with Gasteiger partial charge in [0.25, 0.3) is 0 Å².